The highest BCUT2D eigenvalue weighted by molar-refractivity contribution is 9.10. The second-order valence-corrected chi connectivity index (χ2v) is 7.01. The van der Waals surface area contributed by atoms with E-state index in [1.165, 1.54) is 12.0 Å². The van der Waals surface area contributed by atoms with Crippen LogP contribution < -0.4 is 5.73 Å². The Hall–Kier alpha value is -1.20. The number of aryl methyl sites for hydroxylation is 1. The predicted octanol–water partition coefficient (Wildman–Crippen LogP) is 3.97. The third kappa shape index (κ3) is 2.64. The summed E-state index contributed by atoms with van der Waals surface area (Å²) in [6.07, 6.45) is 4.37. The first-order valence-electron chi connectivity index (χ1n) is 7.37. The fourth-order valence-corrected chi connectivity index (χ4v) is 3.31. The van der Waals surface area contributed by atoms with Gasteiger partial charge in [-0.3, -0.25) is 0 Å². The molecule has 0 spiro atoms. The summed E-state index contributed by atoms with van der Waals surface area (Å²) in [6, 6.07) is 6.17. The van der Waals surface area contributed by atoms with Crippen molar-refractivity contribution in [3.63, 3.8) is 0 Å². The van der Waals surface area contributed by atoms with E-state index >= 15 is 0 Å². The van der Waals surface area contributed by atoms with E-state index in [9.17, 15) is 0 Å². The van der Waals surface area contributed by atoms with Gasteiger partial charge in [0.05, 0.1) is 5.41 Å². The molecule has 1 aromatic heterocycles. The Balaban J connectivity index is 1.94. The zero-order valence-electron chi connectivity index (χ0n) is 12.4. The van der Waals surface area contributed by atoms with Crippen LogP contribution in [0.1, 0.15) is 44.1 Å². The van der Waals surface area contributed by atoms with E-state index < -0.39 is 0 Å². The standard InChI is InChI=1S/C16H20BrN3O/c1-10-6-7-11(9-12(10)17)14-19-15(21-20-14)16(2)8-4-3-5-13(16)18/h6-7,9,13H,3-5,8,18H2,1-2H3. The Morgan fingerprint density at radius 3 is 2.90 bits per heavy atom. The van der Waals surface area contributed by atoms with Crippen LogP contribution >= 0.6 is 15.9 Å². The maximum absolute atomic E-state index is 6.30. The van der Waals surface area contributed by atoms with E-state index in [0.29, 0.717) is 11.7 Å². The number of aromatic nitrogens is 2. The number of hydrogen-bond acceptors (Lipinski definition) is 4. The van der Waals surface area contributed by atoms with Crippen LogP contribution in [0.25, 0.3) is 11.4 Å². The number of nitrogens with zero attached hydrogens (tertiary/aromatic N) is 2. The first-order valence-corrected chi connectivity index (χ1v) is 8.16. The molecule has 1 fully saturated rings. The quantitative estimate of drug-likeness (QED) is 0.890. The van der Waals surface area contributed by atoms with Crippen molar-refractivity contribution in [2.45, 2.75) is 51.0 Å². The lowest BCUT2D eigenvalue weighted by molar-refractivity contribution is 0.203. The molecule has 1 aromatic carbocycles. The van der Waals surface area contributed by atoms with Crippen molar-refractivity contribution in [2.75, 3.05) is 0 Å². The first-order chi connectivity index (χ1) is 10.0. The zero-order chi connectivity index (χ0) is 15.0. The summed E-state index contributed by atoms with van der Waals surface area (Å²) in [5.74, 6) is 1.30. The van der Waals surface area contributed by atoms with Gasteiger partial charge < -0.3 is 10.3 Å². The minimum absolute atomic E-state index is 0.0873. The summed E-state index contributed by atoms with van der Waals surface area (Å²) in [4.78, 5) is 4.62. The van der Waals surface area contributed by atoms with Gasteiger partial charge in [-0.2, -0.15) is 4.98 Å². The van der Waals surface area contributed by atoms with Crippen molar-refractivity contribution >= 4 is 15.9 Å². The van der Waals surface area contributed by atoms with Crippen LogP contribution in [0, 0.1) is 6.92 Å². The van der Waals surface area contributed by atoms with E-state index in [1.807, 2.05) is 18.2 Å². The molecule has 2 N–H and O–H groups in total. The van der Waals surface area contributed by atoms with E-state index in [0.717, 1.165) is 29.3 Å². The number of halogens is 1. The maximum atomic E-state index is 6.30. The molecule has 3 rings (SSSR count). The van der Waals surface area contributed by atoms with Crippen molar-refractivity contribution in [3.8, 4) is 11.4 Å². The van der Waals surface area contributed by atoms with Crippen molar-refractivity contribution in [1.29, 1.82) is 0 Å². The number of rotatable bonds is 2. The Morgan fingerprint density at radius 1 is 1.38 bits per heavy atom. The normalized spacial score (nSPS) is 26.0. The van der Waals surface area contributed by atoms with Gasteiger partial charge in [0.25, 0.3) is 0 Å². The topological polar surface area (TPSA) is 64.9 Å². The van der Waals surface area contributed by atoms with Gasteiger partial charge in [-0.25, -0.2) is 0 Å². The largest absolute Gasteiger partial charge is 0.338 e. The van der Waals surface area contributed by atoms with Crippen LogP contribution in [-0.4, -0.2) is 16.2 Å². The predicted molar refractivity (Wildman–Crippen MR) is 86.0 cm³/mol. The van der Waals surface area contributed by atoms with Crippen LogP contribution in [0.5, 0.6) is 0 Å². The second-order valence-electron chi connectivity index (χ2n) is 6.16. The molecule has 1 heterocycles. The van der Waals surface area contributed by atoms with Crippen molar-refractivity contribution in [1.82, 2.24) is 10.1 Å². The Morgan fingerprint density at radius 2 is 2.19 bits per heavy atom. The van der Waals surface area contributed by atoms with Gasteiger partial charge in [-0.15, -0.1) is 0 Å². The van der Waals surface area contributed by atoms with E-state index in [-0.39, 0.29) is 11.5 Å². The second kappa shape index (κ2) is 5.54. The smallest absolute Gasteiger partial charge is 0.234 e. The molecule has 2 atom stereocenters. The average Bonchev–Trinajstić information content (AvgIpc) is 2.95. The number of nitrogens with two attached hydrogens (primary N) is 1. The lowest BCUT2D eigenvalue weighted by Crippen LogP contribution is -2.45. The highest BCUT2D eigenvalue weighted by atomic mass is 79.9. The van der Waals surface area contributed by atoms with Crippen molar-refractivity contribution in [3.05, 3.63) is 34.1 Å². The molecule has 0 radical (unpaired) electrons. The molecular weight excluding hydrogens is 330 g/mol. The third-order valence-electron chi connectivity index (χ3n) is 4.62. The molecule has 2 unspecified atom stereocenters. The van der Waals surface area contributed by atoms with Crippen LogP contribution in [0.4, 0.5) is 0 Å². The summed E-state index contributed by atoms with van der Waals surface area (Å²) in [5.41, 5.74) is 8.24. The number of benzene rings is 1. The van der Waals surface area contributed by atoms with E-state index in [1.54, 1.807) is 0 Å². The zero-order valence-corrected chi connectivity index (χ0v) is 14.0. The third-order valence-corrected chi connectivity index (χ3v) is 5.48. The molecule has 1 aliphatic rings. The van der Waals surface area contributed by atoms with Gasteiger partial charge in [0.1, 0.15) is 0 Å². The van der Waals surface area contributed by atoms with Gasteiger partial charge in [0.15, 0.2) is 0 Å². The molecule has 0 saturated heterocycles. The molecule has 1 aliphatic carbocycles. The van der Waals surface area contributed by atoms with E-state index in [4.69, 9.17) is 10.3 Å². The fraction of sp³-hybridized carbons (Fsp3) is 0.500. The van der Waals surface area contributed by atoms with Crippen LogP contribution in [0.2, 0.25) is 0 Å². The molecular formula is C16H20BrN3O. The summed E-state index contributed by atoms with van der Waals surface area (Å²) in [5, 5.41) is 4.15. The monoisotopic (exact) mass is 349 g/mol. The molecule has 0 amide bonds. The van der Waals surface area contributed by atoms with Gasteiger partial charge in [0.2, 0.25) is 11.7 Å². The fourth-order valence-electron chi connectivity index (χ4n) is 2.93. The molecule has 112 valence electrons. The Bertz CT molecular complexity index is 655. The summed E-state index contributed by atoms with van der Waals surface area (Å²) < 4.78 is 6.59. The minimum atomic E-state index is -0.203. The molecule has 5 heteroatoms. The molecule has 21 heavy (non-hydrogen) atoms. The highest BCUT2D eigenvalue weighted by Gasteiger charge is 2.40. The van der Waals surface area contributed by atoms with Crippen LogP contribution in [0.3, 0.4) is 0 Å². The molecule has 4 nitrogen and oxygen atoms in total. The van der Waals surface area contributed by atoms with Crippen LogP contribution in [-0.2, 0) is 5.41 Å². The van der Waals surface area contributed by atoms with E-state index in [2.05, 4.69) is 39.9 Å². The minimum Gasteiger partial charge on any atom is -0.338 e. The molecule has 1 saturated carbocycles. The number of hydrogen-bond donors (Lipinski definition) is 1. The maximum Gasteiger partial charge on any atom is 0.234 e. The van der Waals surface area contributed by atoms with Gasteiger partial charge in [-0.1, -0.05) is 46.1 Å². The molecule has 0 aliphatic heterocycles. The Labute approximate surface area is 133 Å². The summed E-state index contributed by atoms with van der Waals surface area (Å²) in [7, 11) is 0. The molecule has 2 aromatic rings. The van der Waals surface area contributed by atoms with Gasteiger partial charge in [0, 0.05) is 16.1 Å². The van der Waals surface area contributed by atoms with Crippen molar-refractivity contribution in [2.24, 2.45) is 5.73 Å². The summed E-state index contributed by atoms with van der Waals surface area (Å²) in [6.45, 7) is 4.19. The highest BCUT2D eigenvalue weighted by Crippen LogP contribution is 2.38. The average molecular weight is 350 g/mol. The van der Waals surface area contributed by atoms with Gasteiger partial charge >= 0.3 is 0 Å². The van der Waals surface area contributed by atoms with Gasteiger partial charge in [-0.05, 0) is 38.3 Å². The van der Waals surface area contributed by atoms with Crippen molar-refractivity contribution < 1.29 is 4.52 Å². The lowest BCUT2D eigenvalue weighted by Gasteiger charge is -2.35. The Kier molecular flexibility index (Phi) is 3.88. The lowest BCUT2D eigenvalue weighted by atomic mass is 9.72. The summed E-state index contributed by atoms with van der Waals surface area (Å²) >= 11 is 3.54. The molecule has 0 bridgehead atoms. The SMILES string of the molecule is Cc1ccc(-c2noc(C3(C)CCCCC3N)n2)cc1Br. The first kappa shape index (κ1) is 14.7. The van der Waals surface area contributed by atoms with Crippen LogP contribution in [0.15, 0.2) is 27.2 Å².